The first-order valence-electron chi connectivity index (χ1n) is 10.1. The number of hydrogen-bond donors (Lipinski definition) is 0. The molecule has 144 valence electrons. The molecule has 0 bridgehead atoms. The van der Waals surface area contributed by atoms with Crippen molar-refractivity contribution >= 4 is 17.4 Å². The smallest absolute Gasteiger partial charge is 0.228 e. The molecule has 4 nitrogen and oxygen atoms in total. The Hall–Kier alpha value is -2.88. The predicted octanol–water partition coefficient (Wildman–Crippen LogP) is 3.39. The normalized spacial score (nSPS) is 19.6. The predicted molar refractivity (Wildman–Crippen MR) is 110 cm³/mol. The van der Waals surface area contributed by atoms with Crippen LogP contribution in [0.3, 0.4) is 0 Å². The second kappa shape index (κ2) is 8.42. The van der Waals surface area contributed by atoms with Gasteiger partial charge in [0.1, 0.15) is 0 Å². The van der Waals surface area contributed by atoms with Gasteiger partial charge in [-0.2, -0.15) is 0 Å². The quantitative estimate of drug-likeness (QED) is 0.805. The largest absolute Gasteiger partial charge is 0.342 e. The van der Waals surface area contributed by atoms with Crippen molar-refractivity contribution in [2.24, 2.45) is 5.92 Å². The van der Waals surface area contributed by atoms with Crippen LogP contribution in [0.5, 0.6) is 0 Å². The third-order valence-electron chi connectivity index (χ3n) is 5.74. The van der Waals surface area contributed by atoms with Crippen LogP contribution in [0.2, 0.25) is 0 Å². The van der Waals surface area contributed by atoms with Gasteiger partial charge in [0.15, 0.2) is 0 Å². The lowest BCUT2D eigenvalue weighted by Gasteiger charge is -2.29. The molecule has 1 fully saturated rings. The highest BCUT2D eigenvalue weighted by atomic mass is 16.2. The first-order chi connectivity index (χ1) is 13.7. The lowest BCUT2D eigenvalue weighted by molar-refractivity contribution is -0.135. The maximum atomic E-state index is 12.9. The van der Waals surface area contributed by atoms with Crippen molar-refractivity contribution in [3.8, 4) is 0 Å². The number of carbonyl (C=O) groups is 2. The molecule has 0 spiro atoms. The van der Waals surface area contributed by atoms with Crippen LogP contribution < -0.4 is 0 Å². The van der Waals surface area contributed by atoms with Gasteiger partial charge in [-0.05, 0) is 29.5 Å². The van der Waals surface area contributed by atoms with Crippen molar-refractivity contribution in [2.45, 2.75) is 19.3 Å². The zero-order valence-corrected chi connectivity index (χ0v) is 16.1. The van der Waals surface area contributed by atoms with Crippen LogP contribution in [-0.4, -0.2) is 47.8 Å². The van der Waals surface area contributed by atoms with Gasteiger partial charge in [0.25, 0.3) is 0 Å². The van der Waals surface area contributed by atoms with Crippen molar-refractivity contribution in [3.63, 3.8) is 0 Å². The Kier molecular flexibility index (Phi) is 5.56. The van der Waals surface area contributed by atoms with Gasteiger partial charge in [0.2, 0.25) is 11.8 Å². The summed E-state index contributed by atoms with van der Waals surface area (Å²) in [5, 5.41) is 0. The Labute approximate surface area is 166 Å². The second-order valence-electron chi connectivity index (χ2n) is 7.61. The molecule has 0 aromatic heterocycles. The zero-order valence-electron chi connectivity index (χ0n) is 16.1. The summed E-state index contributed by atoms with van der Waals surface area (Å²) < 4.78 is 0. The van der Waals surface area contributed by atoms with Crippen LogP contribution in [0.1, 0.15) is 24.0 Å². The van der Waals surface area contributed by atoms with E-state index in [2.05, 4.69) is 30.3 Å². The fourth-order valence-electron chi connectivity index (χ4n) is 4.10. The highest BCUT2D eigenvalue weighted by Gasteiger charge is 2.36. The summed E-state index contributed by atoms with van der Waals surface area (Å²) in [6.07, 6.45) is 4.20. The molecule has 28 heavy (non-hydrogen) atoms. The van der Waals surface area contributed by atoms with E-state index in [9.17, 15) is 9.59 Å². The topological polar surface area (TPSA) is 40.6 Å². The SMILES string of the molecule is O=C1C[C@H](C(=O)N2CC=C(c3ccccc3)CC2)CN1CCc1ccccc1. The van der Waals surface area contributed by atoms with Gasteiger partial charge in [-0.1, -0.05) is 66.7 Å². The standard InChI is InChI=1S/C24H26N2O2/c27-23-17-22(18-26(23)14-11-19-7-3-1-4-8-19)24(28)25-15-12-21(13-16-25)20-9-5-2-6-10-20/h1-10,12,22H,11,13-18H2/t22-/m0/s1. The molecule has 0 aliphatic carbocycles. The van der Waals surface area contributed by atoms with Gasteiger partial charge >= 0.3 is 0 Å². The summed E-state index contributed by atoms with van der Waals surface area (Å²) in [5.74, 6) is 0.0284. The number of nitrogens with zero attached hydrogens (tertiary/aromatic N) is 2. The number of benzene rings is 2. The molecule has 0 N–H and O–H groups in total. The fourth-order valence-corrected chi connectivity index (χ4v) is 4.10. The summed E-state index contributed by atoms with van der Waals surface area (Å²) in [6.45, 7) is 2.60. The zero-order chi connectivity index (χ0) is 19.3. The van der Waals surface area contributed by atoms with E-state index in [-0.39, 0.29) is 17.7 Å². The summed E-state index contributed by atoms with van der Waals surface area (Å²) in [7, 11) is 0. The molecule has 1 atom stereocenters. The first kappa shape index (κ1) is 18.5. The summed E-state index contributed by atoms with van der Waals surface area (Å²) in [4.78, 5) is 29.1. The molecule has 2 aliphatic heterocycles. The van der Waals surface area contributed by atoms with Gasteiger partial charge in [-0.15, -0.1) is 0 Å². The van der Waals surface area contributed by atoms with Crippen molar-refractivity contribution < 1.29 is 9.59 Å². The van der Waals surface area contributed by atoms with Gasteiger partial charge < -0.3 is 9.80 Å². The summed E-state index contributed by atoms with van der Waals surface area (Å²) >= 11 is 0. The number of carbonyl (C=O) groups excluding carboxylic acids is 2. The Balaban J connectivity index is 1.32. The Morgan fingerprint density at radius 1 is 1.00 bits per heavy atom. The highest BCUT2D eigenvalue weighted by Crippen LogP contribution is 2.25. The van der Waals surface area contributed by atoms with E-state index >= 15 is 0 Å². The molecule has 4 heteroatoms. The van der Waals surface area contributed by atoms with Gasteiger partial charge in [-0.25, -0.2) is 0 Å². The first-order valence-corrected chi connectivity index (χ1v) is 10.1. The molecule has 2 aliphatic rings. The maximum Gasteiger partial charge on any atom is 0.228 e. The summed E-state index contributed by atoms with van der Waals surface area (Å²) in [6, 6.07) is 20.5. The summed E-state index contributed by atoms with van der Waals surface area (Å²) in [5.41, 5.74) is 3.76. The van der Waals surface area contributed by atoms with E-state index in [1.807, 2.05) is 46.2 Å². The molecule has 0 unspecified atom stereocenters. The minimum atomic E-state index is -0.199. The molecule has 0 saturated carbocycles. The highest BCUT2D eigenvalue weighted by molar-refractivity contribution is 5.89. The Morgan fingerprint density at radius 3 is 2.39 bits per heavy atom. The van der Waals surface area contributed by atoms with Crippen LogP contribution >= 0.6 is 0 Å². The maximum absolute atomic E-state index is 12.9. The number of hydrogen-bond acceptors (Lipinski definition) is 2. The minimum absolute atomic E-state index is 0.104. The molecule has 0 radical (unpaired) electrons. The Bertz CT molecular complexity index is 861. The molecule has 2 aromatic carbocycles. The van der Waals surface area contributed by atoms with E-state index < -0.39 is 0 Å². The fraction of sp³-hybridized carbons (Fsp3) is 0.333. The molecule has 2 aromatic rings. The van der Waals surface area contributed by atoms with Crippen molar-refractivity contribution in [3.05, 3.63) is 77.9 Å². The third kappa shape index (κ3) is 4.16. The second-order valence-corrected chi connectivity index (χ2v) is 7.61. The average Bonchev–Trinajstić information content (AvgIpc) is 3.14. The van der Waals surface area contributed by atoms with Crippen LogP contribution in [0.4, 0.5) is 0 Å². The molecule has 4 rings (SSSR count). The van der Waals surface area contributed by atoms with Crippen molar-refractivity contribution in [2.75, 3.05) is 26.2 Å². The molecular formula is C24H26N2O2. The average molecular weight is 374 g/mol. The third-order valence-corrected chi connectivity index (χ3v) is 5.74. The van der Waals surface area contributed by atoms with Crippen LogP contribution in [0, 0.1) is 5.92 Å². The van der Waals surface area contributed by atoms with Crippen molar-refractivity contribution in [1.29, 1.82) is 0 Å². The van der Waals surface area contributed by atoms with E-state index in [0.29, 0.717) is 26.1 Å². The molecular weight excluding hydrogens is 348 g/mol. The van der Waals surface area contributed by atoms with Crippen LogP contribution in [0.15, 0.2) is 66.7 Å². The number of amides is 2. The lowest BCUT2D eigenvalue weighted by Crippen LogP contribution is -2.40. The monoisotopic (exact) mass is 374 g/mol. The van der Waals surface area contributed by atoms with Gasteiger partial charge in [0, 0.05) is 32.6 Å². The number of likely N-dealkylation sites (tertiary alicyclic amines) is 1. The van der Waals surface area contributed by atoms with Crippen molar-refractivity contribution in [1.82, 2.24) is 9.80 Å². The number of rotatable bonds is 5. The minimum Gasteiger partial charge on any atom is -0.342 e. The van der Waals surface area contributed by atoms with Crippen LogP contribution in [-0.2, 0) is 16.0 Å². The van der Waals surface area contributed by atoms with Gasteiger partial charge in [-0.3, -0.25) is 9.59 Å². The van der Waals surface area contributed by atoms with E-state index in [1.165, 1.54) is 16.7 Å². The molecule has 2 heterocycles. The van der Waals surface area contributed by atoms with E-state index in [1.54, 1.807) is 0 Å². The van der Waals surface area contributed by atoms with E-state index in [4.69, 9.17) is 0 Å². The van der Waals surface area contributed by atoms with Crippen LogP contribution in [0.25, 0.3) is 5.57 Å². The lowest BCUT2D eigenvalue weighted by atomic mass is 9.98. The molecule has 2 amide bonds. The van der Waals surface area contributed by atoms with E-state index in [0.717, 1.165) is 19.4 Å². The van der Waals surface area contributed by atoms with Gasteiger partial charge in [0.05, 0.1) is 5.92 Å². The molecule has 1 saturated heterocycles. The Morgan fingerprint density at radius 2 is 1.71 bits per heavy atom.